The molecule has 2 aromatic rings. The van der Waals surface area contributed by atoms with Crippen molar-refractivity contribution < 1.29 is 19.1 Å². The van der Waals surface area contributed by atoms with Crippen LogP contribution in [0.25, 0.3) is 0 Å². The minimum Gasteiger partial charge on any atom is -0.482 e. The van der Waals surface area contributed by atoms with E-state index >= 15 is 0 Å². The second kappa shape index (κ2) is 7.39. The number of carbonyl (C=O) groups excluding carboxylic acids is 3. The van der Waals surface area contributed by atoms with Crippen molar-refractivity contribution in [3.8, 4) is 5.75 Å². The molecule has 0 atom stereocenters. The Balaban J connectivity index is 1.70. The number of fused-ring (bicyclic) bond motifs is 1. The Hall–Kier alpha value is -3.15. The van der Waals surface area contributed by atoms with Gasteiger partial charge in [0, 0.05) is 24.2 Å². The number of Topliss-reactive ketones (excluding diaryl/α,β-unsaturated/α-hetero) is 1. The van der Waals surface area contributed by atoms with E-state index in [1.165, 1.54) is 11.8 Å². The molecule has 6 nitrogen and oxygen atoms in total. The van der Waals surface area contributed by atoms with Crippen LogP contribution >= 0.6 is 0 Å². The molecule has 26 heavy (non-hydrogen) atoms. The summed E-state index contributed by atoms with van der Waals surface area (Å²) in [5.41, 5.74) is 2.85. The van der Waals surface area contributed by atoms with E-state index in [9.17, 15) is 14.4 Å². The van der Waals surface area contributed by atoms with Gasteiger partial charge in [0.1, 0.15) is 5.75 Å². The number of hydrogen-bond donors (Lipinski definition) is 1. The summed E-state index contributed by atoms with van der Waals surface area (Å²) in [5, 5.41) is 2.81. The number of hydrogen-bond acceptors (Lipinski definition) is 4. The van der Waals surface area contributed by atoms with Crippen LogP contribution in [0.4, 0.5) is 11.4 Å². The van der Waals surface area contributed by atoms with E-state index in [1.807, 2.05) is 31.2 Å². The van der Waals surface area contributed by atoms with Crippen molar-refractivity contribution in [1.82, 2.24) is 0 Å². The number of ether oxygens (including phenoxy) is 1. The van der Waals surface area contributed by atoms with E-state index in [0.29, 0.717) is 22.7 Å². The largest absolute Gasteiger partial charge is 0.482 e. The molecule has 0 fully saturated rings. The molecule has 2 amide bonds. The van der Waals surface area contributed by atoms with Crippen molar-refractivity contribution in [2.45, 2.75) is 20.3 Å². The summed E-state index contributed by atoms with van der Waals surface area (Å²) in [6.45, 7) is 3.58. The minimum atomic E-state index is -0.235. The highest BCUT2D eigenvalue weighted by molar-refractivity contribution is 6.02. The Morgan fingerprint density at radius 2 is 1.88 bits per heavy atom. The highest BCUT2D eigenvalue weighted by atomic mass is 16.5. The molecule has 1 N–H and O–H groups in total. The van der Waals surface area contributed by atoms with Crippen LogP contribution in [0.3, 0.4) is 0 Å². The Labute approximate surface area is 151 Å². The highest BCUT2D eigenvalue weighted by Crippen LogP contribution is 2.33. The van der Waals surface area contributed by atoms with Crippen molar-refractivity contribution >= 4 is 29.0 Å². The van der Waals surface area contributed by atoms with Crippen LogP contribution in [0, 0.1) is 6.92 Å². The predicted molar refractivity (Wildman–Crippen MR) is 98.7 cm³/mol. The molecule has 0 saturated carbocycles. The zero-order valence-electron chi connectivity index (χ0n) is 14.7. The molecule has 0 radical (unpaired) electrons. The number of aryl methyl sites for hydroxylation is 1. The summed E-state index contributed by atoms with van der Waals surface area (Å²) < 4.78 is 5.41. The Morgan fingerprint density at radius 3 is 2.58 bits per heavy atom. The molecule has 0 saturated heterocycles. The van der Waals surface area contributed by atoms with Gasteiger partial charge in [-0.25, -0.2) is 0 Å². The van der Waals surface area contributed by atoms with Gasteiger partial charge < -0.3 is 15.0 Å². The van der Waals surface area contributed by atoms with E-state index in [0.717, 1.165) is 5.56 Å². The van der Waals surface area contributed by atoms with Crippen molar-refractivity contribution in [2.75, 3.05) is 23.4 Å². The summed E-state index contributed by atoms with van der Waals surface area (Å²) in [6, 6.07) is 12.5. The lowest BCUT2D eigenvalue weighted by molar-refractivity contribution is -0.121. The fourth-order valence-electron chi connectivity index (χ4n) is 2.74. The number of rotatable bonds is 5. The molecule has 2 aromatic carbocycles. The van der Waals surface area contributed by atoms with Gasteiger partial charge in [-0.2, -0.15) is 0 Å². The lowest BCUT2D eigenvalue weighted by atomic mass is 10.1. The van der Waals surface area contributed by atoms with Crippen LogP contribution < -0.4 is 15.0 Å². The van der Waals surface area contributed by atoms with Crippen molar-refractivity contribution in [1.29, 1.82) is 0 Å². The average molecular weight is 352 g/mol. The average Bonchev–Trinajstić information content (AvgIpc) is 2.62. The summed E-state index contributed by atoms with van der Waals surface area (Å²) >= 11 is 0. The lowest BCUT2D eigenvalue weighted by Gasteiger charge is -2.29. The van der Waals surface area contributed by atoms with Gasteiger partial charge in [-0.05, 0) is 44.2 Å². The Morgan fingerprint density at radius 1 is 1.15 bits per heavy atom. The van der Waals surface area contributed by atoms with Gasteiger partial charge in [-0.15, -0.1) is 0 Å². The van der Waals surface area contributed by atoms with Gasteiger partial charge >= 0.3 is 0 Å². The molecule has 0 unspecified atom stereocenters. The first kappa shape index (κ1) is 17.7. The number of benzene rings is 2. The number of anilines is 2. The molecular formula is C20H20N2O4. The van der Waals surface area contributed by atoms with Gasteiger partial charge in [-0.1, -0.05) is 17.7 Å². The Bertz CT molecular complexity index is 859. The molecule has 0 spiro atoms. The van der Waals surface area contributed by atoms with E-state index in [1.54, 1.807) is 18.2 Å². The maximum Gasteiger partial charge on any atom is 0.265 e. The number of ketones is 1. The molecule has 1 aliphatic rings. The molecule has 6 heteroatoms. The third-order valence-electron chi connectivity index (χ3n) is 4.21. The number of carbonyl (C=O) groups is 3. The molecule has 0 aliphatic carbocycles. The second-order valence-corrected chi connectivity index (χ2v) is 6.24. The zero-order valence-corrected chi connectivity index (χ0v) is 14.7. The van der Waals surface area contributed by atoms with Crippen molar-refractivity contribution in [3.63, 3.8) is 0 Å². The first-order valence-electron chi connectivity index (χ1n) is 8.39. The lowest BCUT2D eigenvalue weighted by Crippen LogP contribution is -2.40. The van der Waals surface area contributed by atoms with Gasteiger partial charge in [-0.3, -0.25) is 14.4 Å². The molecule has 3 rings (SSSR count). The van der Waals surface area contributed by atoms with Crippen LogP contribution in [0.5, 0.6) is 5.75 Å². The fraction of sp³-hybridized carbons (Fsp3) is 0.250. The predicted octanol–water partition coefficient (Wildman–Crippen LogP) is 2.95. The third-order valence-corrected chi connectivity index (χ3v) is 4.21. The second-order valence-electron chi connectivity index (χ2n) is 6.24. The standard InChI is InChI=1S/C20H20N2O4/c1-13-3-6-16(7-4-13)21-19(24)9-10-22-17-11-15(14(2)23)5-8-18(17)26-12-20(22)25/h3-8,11H,9-10,12H2,1-2H3,(H,21,24). The molecule has 1 aliphatic heterocycles. The fourth-order valence-corrected chi connectivity index (χ4v) is 2.74. The molecule has 134 valence electrons. The smallest absolute Gasteiger partial charge is 0.265 e. The zero-order chi connectivity index (χ0) is 18.7. The number of nitrogens with one attached hydrogen (secondary N) is 1. The summed E-state index contributed by atoms with van der Waals surface area (Å²) in [6.07, 6.45) is 0.142. The number of nitrogens with zero attached hydrogens (tertiary/aromatic N) is 1. The third kappa shape index (κ3) is 3.91. The normalized spacial score (nSPS) is 13.0. The van der Waals surface area contributed by atoms with Gasteiger partial charge in [0.2, 0.25) is 5.91 Å². The summed E-state index contributed by atoms with van der Waals surface area (Å²) in [7, 11) is 0. The van der Waals surface area contributed by atoms with Crippen molar-refractivity contribution in [3.05, 3.63) is 53.6 Å². The molecule has 1 heterocycles. The van der Waals surface area contributed by atoms with Crippen LogP contribution in [-0.2, 0) is 9.59 Å². The SMILES string of the molecule is CC(=O)c1ccc2c(c1)N(CCC(=O)Nc1ccc(C)cc1)C(=O)CO2. The van der Waals surface area contributed by atoms with E-state index in [2.05, 4.69) is 5.32 Å². The van der Waals surface area contributed by atoms with Crippen molar-refractivity contribution in [2.24, 2.45) is 0 Å². The quantitative estimate of drug-likeness (QED) is 0.840. The van der Waals surface area contributed by atoms with Crippen LogP contribution in [-0.4, -0.2) is 30.7 Å². The maximum absolute atomic E-state index is 12.2. The van der Waals surface area contributed by atoms with E-state index in [-0.39, 0.29) is 37.2 Å². The van der Waals surface area contributed by atoms with Gasteiger partial charge in [0.25, 0.3) is 5.91 Å². The first-order valence-corrected chi connectivity index (χ1v) is 8.39. The highest BCUT2D eigenvalue weighted by Gasteiger charge is 2.26. The summed E-state index contributed by atoms with van der Waals surface area (Å²) in [5.74, 6) is 0.0233. The molecule has 0 aromatic heterocycles. The van der Waals surface area contributed by atoms with Crippen LogP contribution in [0.2, 0.25) is 0 Å². The monoisotopic (exact) mass is 352 g/mol. The van der Waals surface area contributed by atoms with E-state index in [4.69, 9.17) is 4.74 Å². The first-order chi connectivity index (χ1) is 12.4. The topological polar surface area (TPSA) is 75.7 Å². The summed E-state index contributed by atoms with van der Waals surface area (Å²) in [4.78, 5) is 37.5. The Kier molecular flexibility index (Phi) is 5.02. The van der Waals surface area contributed by atoms with E-state index < -0.39 is 0 Å². The van der Waals surface area contributed by atoms with Gasteiger partial charge in [0.05, 0.1) is 5.69 Å². The molecular weight excluding hydrogens is 332 g/mol. The van der Waals surface area contributed by atoms with Crippen LogP contribution in [0.15, 0.2) is 42.5 Å². The maximum atomic E-state index is 12.2. The van der Waals surface area contributed by atoms with Gasteiger partial charge in [0.15, 0.2) is 12.4 Å². The number of amides is 2. The minimum absolute atomic E-state index is 0.0774. The molecule has 0 bridgehead atoms. The van der Waals surface area contributed by atoms with Crippen LogP contribution in [0.1, 0.15) is 29.3 Å².